The van der Waals surface area contributed by atoms with E-state index in [2.05, 4.69) is 17.4 Å². The van der Waals surface area contributed by atoms with Crippen LogP contribution in [0.5, 0.6) is 5.75 Å². The maximum absolute atomic E-state index is 11.5. The van der Waals surface area contributed by atoms with E-state index in [4.69, 9.17) is 9.88 Å². The number of hydrogen-bond donors (Lipinski definition) is 5. The van der Waals surface area contributed by atoms with Gasteiger partial charge in [-0.05, 0) is 78.7 Å². The van der Waals surface area contributed by atoms with E-state index in [1.165, 1.54) is 17.7 Å². The number of sulfonamides is 1. The number of nitrogens with one attached hydrogen (secondary N) is 1. The van der Waals surface area contributed by atoms with Crippen molar-refractivity contribution < 1.29 is 28.5 Å². The summed E-state index contributed by atoms with van der Waals surface area (Å²) in [6.07, 6.45) is 2.58. The number of hydrogen-bond acceptors (Lipinski definition) is 7. The number of aryl methyl sites for hydroxylation is 1. The number of benzene rings is 3. The lowest BCUT2D eigenvalue weighted by atomic mass is 10.0. The van der Waals surface area contributed by atoms with Crippen LogP contribution in [0.4, 0.5) is 0 Å². The minimum atomic E-state index is -3.68. The van der Waals surface area contributed by atoms with Crippen molar-refractivity contribution in [2.45, 2.75) is 49.9 Å². The Morgan fingerprint density at radius 1 is 0.919 bits per heavy atom. The molecule has 3 rings (SSSR count). The van der Waals surface area contributed by atoms with Gasteiger partial charge in [0.15, 0.2) is 0 Å². The summed E-state index contributed by atoms with van der Waals surface area (Å²) in [6.45, 7) is 1.92. The smallest absolute Gasteiger partial charge is 0.238 e. The van der Waals surface area contributed by atoms with Gasteiger partial charge >= 0.3 is 0 Å². The van der Waals surface area contributed by atoms with Gasteiger partial charge in [0, 0.05) is 18.7 Å². The SMILES string of the molecule is NS(=O)(=O)c1cccc(CCCCOCc2cccc(CCNC[C@@H](O)c3ccc(O)c(CO)c3)c2)c1. The lowest BCUT2D eigenvalue weighted by molar-refractivity contribution is 0.117. The van der Waals surface area contributed by atoms with Crippen molar-refractivity contribution in [3.8, 4) is 5.75 Å². The maximum atomic E-state index is 11.5. The Morgan fingerprint density at radius 3 is 2.41 bits per heavy atom. The van der Waals surface area contributed by atoms with Crippen molar-refractivity contribution in [3.05, 3.63) is 94.5 Å². The third-order valence-corrected chi connectivity index (χ3v) is 6.99. The lowest BCUT2D eigenvalue weighted by Crippen LogP contribution is -2.23. The van der Waals surface area contributed by atoms with E-state index in [1.54, 1.807) is 24.3 Å². The van der Waals surface area contributed by atoms with Crippen molar-refractivity contribution in [3.63, 3.8) is 0 Å². The van der Waals surface area contributed by atoms with E-state index in [1.807, 2.05) is 18.2 Å². The number of aliphatic hydroxyl groups excluding tert-OH is 2. The van der Waals surface area contributed by atoms with Gasteiger partial charge in [-0.2, -0.15) is 0 Å². The molecular weight excluding hydrogens is 492 g/mol. The summed E-state index contributed by atoms with van der Waals surface area (Å²) in [6, 6.07) is 19.7. The molecule has 0 spiro atoms. The summed E-state index contributed by atoms with van der Waals surface area (Å²) in [5.74, 6) is 0.0170. The van der Waals surface area contributed by atoms with E-state index >= 15 is 0 Å². The van der Waals surface area contributed by atoms with Gasteiger partial charge in [-0.1, -0.05) is 42.5 Å². The van der Waals surface area contributed by atoms with Crippen LogP contribution >= 0.6 is 0 Å². The summed E-state index contributed by atoms with van der Waals surface area (Å²) in [5.41, 5.74) is 4.25. The fraction of sp³-hybridized carbons (Fsp3) is 0.357. The number of ether oxygens (including phenoxy) is 1. The standard InChI is InChI=1S/C28H36N2O6S/c29-37(34,35)26-9-4-7-21(16-26)5-1-2-14-36-20-23-8-3-6-22(15-23)12-13-30-18-28(33)24-10-11-27(32)25(17-24)19-31/h3-4,6-11,15-17,28,30-33H,1-2,5,12-14,18-20H2,(H2,29,34,35)/t28-/m1/s1. The van der Waals surface area contributed by atoms with Crippen LogP contribution in [0.3, 0.4) is 0 Å². The molecule has 6 N–H and O–H groups in total. The minimum Gasteiger partial charge on any atom is -0.508 e. The molecule has 37 heavy (non-hydrogen) atoms. The highest BCUT2D eigenvalue weighted by molar-refractivity contribution is 7.89. The van der Waals surface area contributed by atoms with Crippen LogP contribution < -0.4 is 10.5 Å². The summed E-state index contributed by atoms with van der Waals surface area (Å²) in [5, 5.41) is 37.7. The number of rotatable bonds is 15. The minimum absolute atomic E-state index is 0.0170. The summed E-state index contributed by atoms with van der Waals surface area (Å²) >= 11 is 0. The summed E-state index contributed by atoms with van der Waals surface area (Å²) < 4.78 is 28.8. The molecule has 0 amide bonds. The molecule has 0 saturated heterocycles. The first kappa shape index (κ1) is 28.8. The molecule has 3 aromatic carbocycles. The van der Waals surface area contributed by atoms with E-state index in [9.17, 15) is 23.7 Å². The molecule has 200 valence electrons. The second-order valence-corrected chi connectivity index (χ2v) is 10.6. The average molecular weight is 529 g/mol. The summed E-state index contributed by atoms with van der Waals surface area (Å²) in [7, 11) is -3.68. The van der Waals surface area contributed by atoms with Gasteiger partial charge in [-0.15, -0.1) is 0 Å². The molecular formula is C28H36N2O6S. The Morgan fingerprint density at radius 2 is 1.65 bits per heavy atom. The van der Waals surface area contributed by atoms with Crippen molar-refractivity contribution >= 4 is 10.0 Å². The van der Waals surface area contributed by atoms with Gasteiger partial charge < -0.3 is 25.4 Å². The molecule has 0 aliphatic heterocycles. The Hall–Kier alpha value is -2.79. The largest absolute Gasteiger partial charge is 0.508 e. The molecule has 0 aromatic heterocycles. The Labute approximate surface area is 218 Å². The van der Waals surface area contributed by atoms with Crippen LogP contribution in [0.15, 0.2) is 71.6 Å². The van der Waals surface area contributed by atoms with Gasteiger partial charge in [0.25, 0.3) is 0 Å². The molecule has 0 aliphatic carbocycles. The van der Waals surface area contributed by atoms with E-state index in [-0.39, 0.29) is 17.3 Å². The van der Waals surface area contributed by atoms with Gasteiger partial charge in [0.2, 0.25) is 10.0 Å². The molecule has 8 nitrogen and oxygen atoms in total. The normalized spacial score (nSPS) is 12.5. The Kier molecular flexibility index (Phi) is 11.1. The van der Waals surface area contributed by atoms with E-state index in [0.29, 0.717) is 37.4 Å². The molecule has 3 aromatic rings. The molecule has 0 bridgehead atoms. The first-order valence-corrected chi connectivity index (χ1v) is 13.9. The third kappa shape index (κ3) is 9.55. The Bertz CT molecular complexity index is 1250. The molecule has 0 heterocycles. The number of nitrogens with two attached hydrogens (primary N) is 1. The van der Waals surface area contributed by atoms with Crippen LogP contribution in [0.2, 0.25) is 0 Å². The number of aliphatic hydroxyl groups is 2. The predicted octanol–water partition coefficient (Wildman–Crippen LogP) is 2.94. The maximum Gasteiger partial charge on any atom is 0.238 e. The van der Waals surface area contributed by atoms with Crippen LogP contribution in [0.1, 0.15) is 46.8 Å². The second-order valence-electron chi connectivity index (χ2n) is 9.04. The number of unbranched alkanes of at least 4 members (excludes halogenated alkanes) is 1. The molecule has 1 atom stereocenters. The first-order chi connectivity index (χ1) is 17.8. The molecule has 9 heteroatoms. The second kappa shape index (κ2) is 14.2. The fourth-order valence-electron chi connectivity index (χ4n) is 4.00. The lowest BCUT2D eigenvalue weighted by Gasteiger charge is -2.14. The Balaban J connectivity index is 1.33. The van der Waals surface area contributed by atoms with Crippen molar-refractivity contribution in [1.29, 1.82) is 0 Å². The fourth-order valence-corrected chi connectivity index (χ4v) is 4.59. The highest BCUT2D eigenvalue weighted by atomic mass is 32.2. The topological polar surface area (TPSA) is 142 Å². The third-order valence-electron chi connectivity index (χ3n) is 6.08. The first-order valence-electron chi connectivity index (χ1n) is 12.3. The van der Waals surface area contributed by atoms with Crippen LogP contribution in [0, 0.1) is 0 Å². The van der Waals surface area contributed by atoms with Gasteiger partial charge in [-0.25, -0.2) is 13.6 Å². The van der Waals surface area contributed by atoms with Crippen molar-refractivity contribution in [1.82, 2.24) is 5.32 Å². The highest BCUT2D eigenvalue weighted by Crippen LogP contribution is 2.22. The zero-order valence-corrected chi connectivity index (χ0v) is 21.7. The zero-order chi connectivity index (χ0) is 26.7. The zero-order valence-electron chi connectivity index (χ0n) is 20.8. The quantitative estimate of drug-likeness (QED) is 0.191. The molecule has 0 unspecified atom stereocenters. The van der Waals surface area contributed by atoms with Crippen molar-refractivity contribution in [2.75, 3.05) is 19.7 Å². The van der Waals surface area contributed by atoms with Gasteiger partial charge in [0.1, 0.15) is 5.75 Å². The predicted molar refractivity (Wildman–Crippen MR) is 142 cm³/mol. The van der Waals surface area contributed by atoms with Crippen LogP contribution in [-0.4, -0.2) is 43.4 Å². The average Bonchev–Trinajstić information content (AvgIpc) is 2.88. The molecule has 0 radical (unpaired) electrons. The number of primary sulfonamides is 1. The van der Waals surface area contributed by atoms with Gasteiger partial charge in [0.05, 0.1) is 24.2 Å². The van der Waals surface area contributed by atoms with Gasteiger partial charge in [-0.3, -0.25) is 0 Å². The molecule has 0 fully saturated rings. The monoisotopic (exact) mass is 528 g/mol. The summed E-state index contributed by atoms with van der Waals surface area (Å²) in [4.78, 5) is 0.140. The molecule has 0 saturated carbocycles. The molecule has 0 aliphatic rings. The van der Waals surface area contributed by atoms with E-state index in [0.717, 1.165) is 36.8 Å². The number of phenols is 1. The highest BCUT2D eigenvalue weighted by Gasteiger charge is 2.10. The van der Waals surface area contributed by atoms with E-state index < -0.39 is 16.1 Å². The number of aromatic hydroxyl groups is 1. The van der Waals surface area contributed by atoms with Crippen molar-refractivity contribution in [2.24, 2.45) is 5.14 Å². The van der Waals surface area contributed by atoms with Crippen LogP contribution in [-0.2, 0) is 40.8 Å². The van der Waals surface area contributed by atoms with Crippen LogP contribution in [0.25, 0.3) is 0 Å².